The normalized spacial score (nSPS) is 11.0. The van der Waals surface area contributed by atoms with E-state index in [0.717, 1.165) is 16.6 Å². The predicted octanol–water partition coefficient (Wildman–Crippen LogP) is 2.74. The van der Waals surface area contributed by atoms with Crippen LogP contribution in [-0.2, 0) is 0 Å². The number of aromatic nitrogens is 4. The molecule has 4 aromatic rings. The second-order valence-electron chi connectivity index (χ2n) is 5.37. The average molecular weight is 319 g/mol. The van der Waals surface area contributed by atoms with Crippen molar-refractivity contribution < 1.29 is 9.90 Å². The summed E-state index contributed by atoms with van der Waals surface area (Å²) in [4.78, 5) is 17.6. The van der Waals surface area contributed by atoms with Gasteiger partial charge in [-0.1, -0.05) is 18.2 Å². The highest BCUT2D eigenvalue weighted by Gasteiger charge is 2.15. The maximum atomic E-state index is 11.2. The number of anilines is 2. The van der Waals surface area contributed by atoms with Gasteiger partial charge in [-0.05, 0) is 30.3 Å². The van der Waals surface area contributed by atoms with Crippen molar-refractivity contribution in [3.05, 3.63) is 60.4 Å². The Labute approximate surface area is 136 Å². The number of rotatable bonds is 3. The molecule has 0 bridgehead atoms. The van der Waals surface area contributed by atoms with E-state index >= 15 is 0 Å². The fourth-order valence-corrected chi connectivity index (χ4v) is 2.73. The molecular formula is C17H13N5O2. The molecule has 0 aliphatic heterocycles. The third kappa shape index (κ3) is 2.14. The van der Waals surface area contributed by atoms with E-state index in [4.69, 9.17) is 0 Å². The number of hydrogen-bond donors (Lipinski definition) is 1. The Morgan fingerprint density at radius 1 is 1.17 bits per heavy atom. The lowest BCUT2D eigenvalue weighted by atomic mass is 10.1. The summed E-state index contributed by atoms with van der Waals surface area (Å²) >= 11 is 0. The van der Waals surface area contributed by atoms with Gasteiger partial charge in [0.15, 0.2) is 0 Å². The molecule has 0 saturated carbocycles. The molecule has 4 rings (SSSR count). The highest BCUT2D eigenvalue weighted by Crippen LogP contribution is 2.30. The van der Waals surface area contributed by atoms with E-state index in [1.54, 1.807) is 24.5 Å². The van der Waals surface area contributed by atoms with Crippen LogP contribution in [0.2, 0.25) is 0 Å². The Hall–Kier alpha value is -3.48. The first-order chi connectivity index (χ1) is 11.6. The SMILES string of the molecule is CN(c1cccc(C(=O)O)c1)c1nc2nncn2c2ccccc12. The molecule has 0 radical (unpaired) electrons. The van der Waals surface area contributed by atoms with E-state index in [2.05, 4.69) is 15.2 Å². The van der Waals surface area contributed by atoms with Crippen molar-refractivity contribution in [2.75, 3.05) is 11.9 Å². The predicted molar refractivity (Wildman–Crippen MR) is 89.8 cm³/mol. The summed E-state index contributed by atoms with van der Waals surface area (Å²) in [5.74, 6) is 0.217. The fourth-order valence-electron chi connectivity index (χ4n) is 2.73. The zero-order valence-corrected chi connectivity index (χ0v) is 12.8. The molecular weight excluding hydrogens is 306 g/mol. The Bertz CT molecular complexity index is 1070. The maximum Gasteiger partial charge on any atom is 0.335 e. The number of para-hydroxylation sites is 1. The fraction of sp³-hybridized carbons (Fsp3) is 0.0588. The largest absolute Gasteiger partial charge is 0.478 e. The second kappa shape index (κ2) is 5.31. The minimum atomic E-state index is -0.962. The van der Waals surface area contributed by atoms with Crippen molar-refractivity contribution in [1.29, 1.82) is 0 Å². The second-order valence-corrected chi connectivity index (χ2v) is 5.37. The van der Waals surface area contributed by atoms with Gasteiger partial charge in [-0.2, -0.15) is 4.98 Å². The lowest BCUT2D eigenvalue weighted by Crippen LogP contribution is -2.13. The van der Waals surface area contributed by atoms with Crippen LogP contribution in [0.5, 0.6) is 0 Å². The van der Waals surface area contributed by atoms with Crippen LogP contribution in [0.4, 0.5) is 11.5 Å². The van der Waals surface area contributed by atoms with Gasteiger partial charge in [0, 0.05) is 18.1 Å². The highest BCUT2D eigenvalue weighted by molar-refractivity contribution is 5.94. The summed E-state index contributed by atoms with van der Waals surface area (Å²) in [7, 11) is 1.85. The van der Waals surface area contributed by atoms with Crippen LogP contribution in [0.15, 0.2) is 54.9 Å². The lowest BCUT2D eigenvalue weighted by Gasteiger charge is -2.20. The molecule has 0 aliphatic rings. The molecule has 0 atom stereocenters. The number of aromatic carboxylic acids is 1. The Morgan fingerprint density at radius 3 is 2.83 bits per heavy atom. The zero-order chi connectivity index (χ0) is 16.7. The van der Waals surface area contributed by atoms with E-state index in [-0.39, 0.29) is 5.56 Å². The number of benzene rings is 2. The maximum absolute atomic E-state index is 11.2. The van der Waals surface area contributed by atoms with Gasteiger partial charge < -0.3 is 10.0 Å². The molecule has 0 aliphatic carbocycles. The van der Waals surface area contributed by atoms with Gasteiger partial charge in [-0.15, -0.1) is 10.2 Å². The molecule has 2 aromatic carbocycles. The van der Waals surface area contributed by atoms with E-state index in [1.807, 2.05) is 46.7 Å². The molecule has 0 unspecified atom stereocenters. The first kappa shape index (κ1) is 14.1. The minimum absolute atomic E-state index is 0.229. The van der Waals surface area contributed by atoms with Crippen LogP contribution >= 0.6 is 0 Å². The topological polar surface area (TPSA) is 83.6 Å². The van der Waals surface area contributed by atoms with Gasteiger partial charge in [0.25, 0.3) is 5.78 Å². The molecule has 0 fully saturated rings. The van der Waals surface area contributed by atoms with E-state index < -0.39 is 5.97 Å². The molecule has 0 spiro atoms. The minimum Gasteiger partial charge on any atom is -0.478 e. The zero-order valence-electron chi connectivity index (χ0n) is 12.8. The van der Waals surface area contributed by atoms with Crippen molar-refractivity contribution >= 4 is 34.2 Å². The summed E-state index contributed by atoms with van der Waals surface area (Å²) in [6.45, 7) is 0. The van der Waals surface area contributed by atoms with Crippen LogP contribution in [0.3, 0.4) is 0 Å². The Kier molecular flexibility index (Phi) is 3.13. The summed E-state index contributed by atoms with van der Waals surface area (Å²) in [6, 6.07) is 14.6. The average Bonchev–Trinajstić information content (AvgIpc) is 3.09. The standard InChI is InChI=1S/C17H13N5O2/c1-21(12-6-4-5-11(9-12)16(23)24)15-13-7-2-3-8-14(13)22-10-18-20-17(22)19-15/h2-10H,1H3,(H,23,24). The number of nitrogens with zero attached hydrogens (tertiary/aromatic N) is 5. The molecule has 1 N–H and O–H groups in total. The number of fused-ring (bicyclic) bond motifs is 3. The van der Waals surface area contributed by atoms with Gasteiger partial charge in [-0.3, -0.25) is 4.40 Å². The monoisotopic (exact) mass is 319 g/mol. The highest BCUT2D eigenvalue weighted by atomic mass is 16.4. The quantitative estimate of drug-likeness (QED) is 0.625. The Balaban J connectivity index is 1.94. The third-order valence-corrected chi connectivity index (χ3v) is 3.94. The van der Waals surface area contributed by atoms with Crippen LogP contribution in [0, 0.1) is 0 Å². The van der Waals surface area contributed by atoms with Gasteiger partial charge in [0.05, 0.1) is 11.1 Å². The lowest BCUT2D eigenvalue weighted by molar-refractivity contribution is 0.0697. The molecule has 118 valence electrons. The van der Waals surface area contributed by atoms with Crippen molar-refractivity contribution in [2.45, 2.75) is 0 Å². The van der Waals surface area contributed by atoms with Gasteiger partial charge in [0.1, 0.15) is 12.1 Å². The summed E-state index contributed by atoms with van der Waals surface area (Å²) in [5, 5.41) is 18.1. The molecule has 2 heterocycles. The van der Waals surface area contributed by atoms with E-state index in [9.17, 15) is 9.90 Å². The van der Waals surface area contributed by atoms with Crippen molar-refractivity contribution in [3.8, 4) is 0 Å². The molecule has 2 aromatic heterocycles. The van der Waals surface area contributed by atoms with E-state index in [0.29, 0.717) is 11.6 Å². The van der Waals surface area contributed by atoms with Crippen LogP contribution < -0.4 is 4.90 Å². The smallest absolute Gasteiger partial charge is 0.335 e. The number of carboxylic acid groups (broad SMARTS) is 1. The van der Waals surface area contributed by atoms with Gasteiger partial charge >= 0.3 is 5.97 Å². The third-order valence-electron chi connectivity index (χ3n) is 3.94. The van der Waals surface area contributed by atoms with Crippen LogP contribution in [0.1, 0.15) is 10.4 Å². The summed E-state index contributed by atoms with van der Waals surface area (Å²) in [6.07, 6.45) is 1.62. The molecule has 0 amide bonds. The van der Waals surface area contributed by atoms with Gasteiger partial charge in [-0.25, -0.2) is 4.79 Å². The van der Waals surface area contributed by atoms with Gasteiger partial charge in [0.2, 0.25) is 0 Å². The first-order valence-electron chi connectivity index (χ1n) is 7.31. The van der Waals surface area contributed by atoms with E-state index in [1.165, 1.54) is 0 Å². The molecule has 0 saturated heterocycles. The summed E-state index contributed by atoms with van der Waals surface area (Å²) in [5.41, 5.74) is 1.90. The van der Waals surface area contributed by atoms with Crippen LogP contribution in [-0.4, -0.2) is 37.7 Å². The van der Waals surface area contributed by atoms with Crippen molar-refractivity contribution in [3.63, 3.8) is 0 Å². The molecule has 7 heteroatoms. The van der Waals surface area contributed by atoms with Crippen LogP contribution in [0.25, 0.3) is 16.7 Å². The Morgan fingerprint density at radius 2 is 2.00 bits per heavy atom. The number of carboxylic acids is 1. The molecule has 24 heavy (non-hydrogen) atoms. The van der Waals surface area contributed by atoms with Crippen molar-refractivity contribution in [1.82, 2.24) is 19.6 Å². The van der Waals surface area contributed by atoms with Crippen molar-refractivity contribution in [2.24, 2.45) is 0 Å². The number of carbonyl (C=O) groups is 1. The number of hydrogen-bond acceptors (Lipinski definition) is 5. The first-order valence-corrected chi connectivity index (χ1v) is 7.31. The summed E-state index contributed by atoms with van der Waals surface area (Å²) < 4.78 is 1.82. The molecule has 7 nitrogen and oxygen atoms in total.